The van der Waals surface area contributed by atoms with Crippen molar-refractivity contribution >= 4 is 5.97 Å². The van der Waals surface area contributed by atoms with Crippen molar-refractivity contribution in [3.8, 4) is 17.6 Å². The van der Waals surface area contributed by atoms with E-state index in [0.29, 0.717) is 0 Å². The molecule has 0 aliphatic carbocycles. The van der Waals surface area contributed by atoms with E-state index in [9.17, 15) is 9.18 Å². The van der Waals surface area contributed by atoms with Gasteiger partial charge >= 0.3 is 5.97 Å². The molecule has 0 unspecified atom stereocenters. The van der Waals surface area contributed by atoms with E-state index >= 15 is 0 Å². The summed E-state index contributed by atoms with van der Waals surface area (Å²) >= 11 is 0. The first kappa shape index (κ1) is 12.1. The van der Waals surface area contributed by atoms with Crippen LogP contribution in [0, 0.1) is 17.7 Å². The molecule has 0 saturated heterocycles. The number of benzene rings is 1. The van der Waals surface area contributed by atoms with Crippen LogP contribution >= 0.6 is 0 Å². The van der Waals surface area contributed by atoms with E-state index in [2.05, 4.69) is 16.6 Å². The Balaban J connectivity index is 2.99. The average Bonchev–Trinajstić information content (AvgIpc) is 2.27. The van der Waals surface area contributed by atoms with Crippen molar-refractivity contribution in [2.75, 3.05) is 13.7 Å². The van der Waals surface area contributed by atoms with Gasteiger partial charge in [0.1, 0.15) is 17.1 Å². The molecule has 0 radical (unpaired) electrons. The van der Waals surface area contributed by atoms with Crippen LogP contribution in [-0.2, 0) is 9.53 Å². The van der Waals surface area contributed by atoms with E-state index in [1.165, 1.54) is 19.2 Å². The zero-order valence-electron chi connectivity index (χ0n) is 9.04. The van der Waals surface area contributed by atoms with Crippen molar-refractivity contribution in [2.24, 2.45) is 0 Å². The molecule has 84 valence electrons. The van der Waals surface area contributed by atoms with Gasteiger partial charge in [-0.15, -0.1) is 0 Å². The van der Waals surface area contributed by atoms with Crippen LogP contribution in [0.2, 0.25) is 0 Å². The van der Waals surface area contributed by atoms with Gasteiger partial charge in [0, 0.05) is 5.92 Å². The van der Waals surface area contributed by atoms with Crippen molar-refractivity contribution in [2.45, 2.75) is 6.92 Å². The SMILES string of the molecule is CCOC(=O)C#Cc1c(F)cccc1OC. The van der Waals surface area contributed by atoms with E-state index in [4.69, 9.17) is 4.74 Å². The summed E-state index contributed by atoms with van der Waals surface area (Å²) in [7, 11) is 1.41. The Bertz CT molecular complexity index is 443. The molecule has 0 N–H and O–H groups in total. The van der Waals surface area contributed by atoms with Crippen LogP contribution in [0.25, 0.3) is 0 Å². The molecule has 0 aliphatic heterocycles. The molecule has 3 nitrogen and oxygen atoms in total. The topological polar surface area (TPSA) is 35.5 Å². The number of carbonyl (C=O) groups excluding carboxylic acids is 1. The molecule has 16 heavy (non-hydrogen) atoms. The maximum atomic E-state index is 13.3. The number of carbonyl (C=O) groups is 1. The number of hydrogen-bond donors (Lipinski definition) is 0. The maximum Gasteiger partial charge on any atom is 0.384 e. The zero-order valence-corrected chi connectivity index (χ0v) is 9.04. The molecular weight excluding hydrogens is 211 g/mol. The fraction of sp³-hybridized carbons (Fsp3) is 0.250. The Morgan fingerprint density at radius 3 is 2.88 bits per heavy atom. The van der Waals surface area contributed by atoms with Gasteiger partial charge in [-0.1, -0.05) is 6.07 Å². The summed E-state index contributed by atoms with van der Waals surface area (Å²) in [6, 6.07) is 4.32. The monoisotopic (exact) mass is 222 g/mol. The van der Waals surface area contributed by atoms with Gasteiger partial charge in [-0.3, -0.25) is 0 Å². The second-order valence-corrected chi connectivity index (χ2v) is 2.79. The number of ether oxygens (including phenoxy) is 2. The minimum Gasteiger partial charge on any atom is -0.495 e. The van der Waals surface area contributed by atoms with Crippen LogP contribution in [0.4, 0.5) is 4.39 Å². The van der Waals surface area contributed by atoms with Crippen LogP contribution in [0.3, 0.4) is 0 Å². The van der Waals surface area contributed by atoms with Gasteiger partial charge < -0.3 is 9.47 Å². The lowest BCUT2D eigenvalue weighted by atomic mass is 10.2. The highest BCUT2D eigenvalue weighted by Gasteiger charge is 2.06. The normalized spacial score (nSPS) is 8.94. The predicted octanol–water partition coefficient (Wildman–Crippen LogP) is 1.75. The highest BCUT2D eigenvalue weighted by molar-refractivity contribution is 5.89. The Hall–Kier alpha value is -2.02. The highest BCUT2D eigenvalue weighted by Crippen LogP contribution is 2.19. The van der Waals surface area contributed by atoms with E-state index < -0.39 is 11.8 Å². The number of esters is 1. The van der Waals surface area contributed by atoms with Gasteiger partial charge in [0.15, 0.2) is 0 Å². The van der Waals surface area contributed by atoms with Gasteiger partial charge in [-0.25, -0.2) is 9.18 Å². The molecule has 4 heteroatoms. The Labute approximate surface area is 93.2 Å². The minimum atomic E-state index is -0.687. The lowest BCUT2D eigenvalue weighted by Gasteiger charge is -2.02. The molecule has 0 spiro atoms. The lowest BCUT2D eigenvalue weighted by molar-refractivity contribution is -0.136. The summed E-state index contributed by atoms with van der Waals surface area (Å²) in [5.74, 6) is 3.65. The third-order valence-electron chi connectivity index (χ3n) is 1.76. The van der Waals surface area contributed by atoms with Crippen LogP contribution in [0.5, 0.6) is 5.75 Å². The number of methoxy groups -OCH3 is 1. The molecule has 1 aromatic rings. The molecule has 1 aromatic carbocycles. The average molecular weight is 222 g/mol. The van der Waals surface area contributed by atoms with Crippen molar-refractivity contribution in [3.05, 3.63) is 29.6 Å². The van der Waals surface area contributed by atoms with Crippen molar-refractivity contribution in [1.29, 1.82) is 0 Å². The highest BCUT2D eigenvalue weighted by atomic mass is 19.1. The zero-order chi connectivity index (χ0) is 12.0. The smallest absolute Gasteiger partial charge is 0.384 e. The molecule has 0 saturated carbocycles. The predicted molar refractivity (Wildman–Crippen MR) is 56.5 cm³/mol. The van der Waals surface area contributed by atoms with Crippen LogP contribution in [-0.4, -0.2) is 19.7 Å². The largest absolute Gasteiger partial charge is 0.495 e. The standard InChI is InChI=1S/C12H11FO3/c1-3-16-12(14)8-7-9-10(13)5-4-6-11(9)15-2/h4-6H,3H2,1-2H3. The molecule has 1 rings (SSSR count). The Morgan fingerprint density at radius 1 is 1.50 bits per heavy atom. The Morgan fingerprint density at radius 2 is 2.25 bits per heavy atom. The van der Waals surface area contributed by atoms with Gasteiger partial charge in [0.25, 0.3) is 0 Å². The van der Waals surface area contributed by atoms with Crippen molar-refractivity contribution < 1.29 is 18.7 Å². The van der Waals surface area contributed by atoms with E-state index in [1.807, 2.05) is 0 Å². The molecule has 0 fully saturated rings. The summed E-state index contributed by atoms with van der Waals surface area (Å²) in [4.78, 5) is 11.0. The fourth-order valence-electron chi connectivity index (χ4n) is 1.08. The quantitative estimate of drug-likeness (QED) is 0.565. The molecule has 0 bridgehead atoms. The van der Waals surface area contributed by atoms with E-state index in [0.717, 1.165) is 0 Å². The summed E-state index contributed by atoms with van der Waals surface area (Å²) in [5.41, 5.74) is 0.0538. The van der Waals surface area contributed by atoms with E-state index in [-0.39, 0.29) is 17.9 Å². The molecule has 0 aliphatic rings. The van der Waals surface area contributed by atoms with Gasteiger partial charge in [-0.05, 0) is 25.0 Å². The fourth-order valence-corrected chi connectivity index (χ4v) is 1.08. The first-order chi connectivity index (χ1) is 7.69. The number of halogens is 1. The third kappa shape index (κ3) is 2.99. The van der Waals surface area contributed by atoms with Crippen LogP contribution in [0.15, 0.2) is 18.2 Å². The third-order valence-corrected chi connectivity index (χ3v) is 1.76. The Kier molecular flexibility index (Phi) is 4.34. The maximum absolute atomic E-state index is 13.3. The number of rotatable bonds is 2. The summed E-state index contributed by atoms with van der Waals surface area (Å²) in [6.07, 6.45) is 0. The second kappa shape index (κ2) is 5.76. The van der Waals surface area contributed by atoms with E-state index in [1.54, 1.807) is 13.0 Å². The molecule has 0 heterocycles. The van der Waals surface area contributed by atoms with Gasteiger partial charge in [0.2, 0.25) is 0 Å². The van der Waals surface area contributed by atoms with Crippen LogP contribution < -0.4 is 4.74 Å². The van der Waals surface area contributed by atoms with Gasteiger partial charge in [-0.2, -0.15) is 0 Å². The lowest BCUT2D eigenvalue weighted by Crippen LogP contribution is -2.00. The second-order valence-electron chi connectivity index (χ2n) is 2.79. The van der Waals surface area contributed by atoms with Crippen molar-refractivity contribution in [1.82, 2.24) is 0 Å². The first-order valence-corrected chi connectivity index (χ1v) is 4.70. The summed E-state index contributed by atoms with van der Waals surface area (Å²) in [6.45, 7) is 1.91. The first-order valence-electron chi connectivity index (χ1n) is 4.70. The molecule has 0 aromatic heterocycles. The number of hydrogen-bond acceptors (Lipinski definition) is 3. The van der Waals surface area contributed by atoms with Crippen molar-refractivity contribution in [3.63, 3.8) is 0 Å². The molecule has 0 amide bonds. The van der Waals surface area contributed by atoms with Gasteiger partial charge in [0.05, 0.1) is 13.7 Å². The van der Waals surface area contributed by atoms with Crippen LogP contribution in [0.1, 0.15) is 12.5 Å². The summed E-state index contributed by atoms with van der Waals surface area (Å²) < 4.78 is 22.9. The molecular formula is C12H11FO3. The molecule has 0 atom stereocenters. The minimum absolute atomic E-state index is 0.0538. The summed E-state index contributed by atoms with van der Waals surface area (Å²) in [5, 5.41) is 0.